The highest BCUT2D eigenvalue weighted by atomic mass is 32.2. The Morgan fingerprint density at radius 1 is 1.48 bits per heavy atom. The Balaban J connectivity index is 3.17. The molecular weight excluding hydrogens is 300 g/mol. The van der Waals surface area contributed by atoms with Gasteiger partial charge in [0.2, 0.25) is 10.0 Å². The number of nitrogens with one attached hydrogen (secondary N) is 1. The van der Waals surface area contributed by atoms with Crippen LogP contribution < -0.4 is 10.5 Å². The summed E-state index contributed by atoms with van der Waals surface area (Å²) in [4.78, 5) is 11.3. The Labute approximate surface area is 122 Å². The molecule has 0 aromatic heterocycles. The lowest BCUT2D eigenvalue weighted by molar-refractivity contribution is 0.00681. The highest BCUT2D eigenvalue weighted by Gasteiger charge is 2.27. The number of aliphatic hydroxyl groups excluding tert-OH is 1. The van der Waals surface area contributed by atoms with Crippen LogP contribution in [-0.2, 0) is 14.8 Å². The van der Waals surface area contributed by atoms with E-state index in [0.29, 0.717) is 0 Å². The number of methoxy groups -OCH3 is 1. The average Bonchev–Trinajstić information content (AvgIpc) is 2.44. The molecule has 0 saturated heterocycles. The molecule has 0 aliphatic rings. The van der Waals surface area contributed by atoms with E-state index in [9.17, 15) is 18.3 Å². The largest absolute Gasteiger partial charge is 0.465 e. The van der Waals surface area contributed by atoms with Crippen LogP contribution in [0, 0.1) is 0 Å². The standard InChI is InChI=1S/C12H18N2O6S/c1-12(17,7-15)6-14-21(18,19)10-4-3-8(13)5-9(10)11(16)20-2/h3-5,14-15,17H,6-7,13H2,1-2H3. The Bertz CT molecular complexity index is 627. The van der Waals surface area contributed by atoms with Crippen molar-refractivity contribution in [2.75, 3.05) is 26.0 Å². The normalized spacial score (nSPS) is 14.5. The Morgan fingerprint density at radius 3 is 2.62 bits per heavy atom. The molecule has 1 rings (SSSR count). The van der Waals surface area contributed by atoms with E-state index in [1.165, 1.54) is 19.1 Å². The molecule has 8 nitrogen and oxygen atoms in total. The van der Waals surface area contributed by atoms with Gasteiger partial charge in [-0.25, -0.2) is 17.9 Å². The monoisotopic (exact) mass is 318 g/mol. The Morgan fingerprint density at radius 2 is 2.10 bits per heavy atom. The fourth-order valence-corrected chi connectivity index (χ4v) is 2.77. The van der Waals surface area contributed by atoms with Gasteiger partial charge in [0.05, 0.1) is 29.8 Å². The number of hydrogen-bond donors (Lipinski definition) is 4. The lowest BCUT2D eigenvalue weighted by Crippen LogP contribution is -2.43. The number of aliphatic hydroxyl groups is 2. The maximum atomic E-state index is 12.2. The number of anilines is 1. The minimum Gasteiger partial charge on any atom is -0.465 e. The van der Waals surface area contributed by atoms with E-state index in [4.69, 9.17) is 10.8 Å². The summed E-state index contributed by atoms with van der Waals surface area (Å²) in [5, 5.41) is 18.5. The van der Waals surface area contributed by atoms with Crippen LogP contribution in [0.4, 0.5) is 5.69 Å². The van der Waals surface area contributed by atoms with Gasteiger partial charge in [-0.3, -0.25) is 0 Å². The van der Waals surface area contributed by atoms with Crippen molar-refractivity contribution in [2.45, 2.75) is 17.4 Å². The van der Waals surface area contributed by atoms with Gasteiger partial charge in [0, 0.05) is 12.2 Å². The van der Waals surface area contributed by atoms with Gasteiger partial charge in [-0.05, 0) is 25.1 Å². The van der Waals surface area contributed by atoms with Crippen molar-refractivity contribution in [3.63, 3.8) is 0 Å². The topological polar surface area (TPSA) is 139 Å². The molecule has 0 heterocycles. The Kier molecular flexibility index (Phi) is 5.29. The summed E-state index contributed by atoms with van der Waals surface area (Å²) in [5.41, 5.74) is 3.90. The number of ether oxygens (including phenoxy) is 1. The number of nitrogens with two attached hydrogens (primary N) is 1. The number of benzene rings is 1. The van der Waals surface area contributed by atoms with Gasteiger partial charge in [0.1, 0.15) is 0 Å². The number of rotatable bonds is 6. The highest BCUT2D eigenvalue weighted by Crippen LogP contribution is 2.20. The third-order valence-corrected chi connectivity index (χ3v) is 4.14. The van der Waals surface area contributed by atoms with Gasteiger partial charge >= 0.3 is 5.97 Å². The molecule has 1 unspecified atom stereocenters. The van der Waals surface area contributed by atoms with Crippen LogP contribution >= 0.6 is 0 Å². The van der Waals surface area contributed by atoms with Gasteiger partial charge in [0.15, 0.2) is 0 Å². The number of esters is 1. The Hall–Kier alpha value is -1.68. The molecule has 0 bridgehead atoms. The van der Waals surface area contributed by atoms with Gasteiger partial charge in [-0.1, -0.05) is 0 Å². The molecule has 118 valence electrons. The molecule has 1 atom stereocenters. The maximum Gasteiger partial charge on any atom is 0.339 e. The fourth-order valence-electron chi connectivity index (χ4n) is 1.44. The third kappa shape index (κ3) is 4.39. The zero-order valence-corrected chi connectivity index (χ0v) is 12.5. The summed E-state index contributed by atoms with van der Waals surface area (Å²) in [6, 6.07) is 3.67. The SMILES string of the molecule is COC(=O)c1cc(N)ccc1S(=O)(=O)NCC(C)(O)CO. The second-order valence-corrected chi connectivity index (χ2v) is 6.46. The van der Waals surface area contributed by atoms with E-state index >= 15 is 0 Å². The van der Waals surface area contributed by atoms with Crippen LogP contribution in [0.15, 0.2) is 23.1 Å². The summed E-state index contributed by atoms with van der Waals surface area (Å²) < 4.78 is 31.0. The van der Waals surface area contributed by atoms with Crippen LogP contribution in [0.25, 0.3) is 0 Å². The summed E-state index contributed by atoms with van der Waals surface area (Å²) in [5.74, 6) is -0.850. The fraction of sp³-hybridized carbons (Fsp3) is 0.417. The minimum absolute atomic E-state index is 0.205. The number of sulfonamides is 1. The number of nitrogen functional groups attached to an aromatic ring is 1. The van der Waals surface area contributed by atoms with Crippen molar-refractivity contribution < 1.29 is 28.2 Å². The molecule has 0 saturated carbocycles. The third-order valence-electron chi connectivity index (χ3n) is 2.68. The maximum absolute atomic E-state index is 12.2. The molecule has 0 fully saturated rings. The first kappa shape index (κ1) is 17.4. The predicted molar refractivity (Wildman–Crippen MR) is 75.1 cm³/mol. The van der Waals surface area contributed by atoms with Gasteiger partial charge < -0.3 is 20.7 Å². The summed E-state index contributed by atoms with van der Waals surface area (Å²) in [7, 11) is -2.97. The van der Waals surface area contributed by atoms with Crippen molar-refractivity contribution in [3.8, 4) is 0 Å². The van der Waals surface area contributed by atoms with E-state index in [1.807, 2.05) is 0 Å². The smallest absolute Gasteiger partial charge is 0.339 e. The molecule has 9 heteroatoms. The van der Waals surface area contributed by atoms with E-state index in [0.717, 1.165) is 13.2 Å². The molecule has 0 aliphatic heterocycles. The zero-order valence-electron chi connectivity index (χ0n) is 11.7. The van der Waals surface area contributed by atoms with Crippen LogP contribution in [0.5, 0.6) is 0 Å². The number of hydrogen-bond acceptors (Lipinski definition) is 7. The van der Waals surface area contributed by atoms with Crippen LogP contribution in [0.3, 0.4) is 0 Å². The number of carbonyl (C=O) groups excluding carboxylic acids is 1. The second kappa shape index (κ2) is 6.39. The van der Waals surface area contributed by atoms with E-state index in [1.54, 1.807) is 0 Å². The van der Waals surface area contributed by atoms with Crippen molar-refractivity contribution in [2.24, 2.45) is 0 Å². The zero-order chi connectivity index (χ0) is 16.3. The molecule has 1 aromatic rings. The van der Waals surface area contributed by atoms with Gasteiger partial charge in [-0.15, -0.1) is 0 Å². The van der Waals surface area contributed by atoms with E-state index in [2.05, 4.69) is 9.46 Å². The van der Waals surface area contributed by atoms with E-state index < -0.39 is 34.7 Å². The van der Waals surface area contributed by atoms with Crippen LogP contribution in [-0.4, -0.2) is 50.5 Å². The first-order valence-corrected chi connectivity index (χ1v) is 7.42. The van der Waals surface area contributed by atoms with E-state index in [-0.39, 0.29) is 16.1 Å². The second-order valence-electron chi connectivity index (χ2n) is 4.73. The molecule has 21 heavy (non-hydrogen) atoms. The number of carbonyl (C=O) groups is 1. The minimum atomic E-state index is -4.08. The van der Waals surface area contributed by atoms with Gasteiger partial charge in [0.25, 0.3) is 0 Å². The van der Waals surface area contributed by atoms with Crippen molar-refractivity contribution in [1.82, 2.24) is 4.72 Å². The quantitative estimate of drug-likeness (QED) is 0.393. The molecule has 1 aromatic carbocycles. The molecule has 5 N–H and O–H groups in total. The van der Waals surface area contributed by atoms with Crippen LogP contribution in [0.1, 0.15) is 17.3 Å². The van der Waals surface area contributed by atoms with Crippen molar-refractivity contribution >= 4 is 21.7 Å². The summed E-state index contributed by atoms with van der Waals surface area (Å²) in [6.45, 7) is 0.220. The molecule has 0 aliphatic carbocycles. The molecule has 0 spiro atoms. The molecule has 0 radical (unpaired) electrons. The van der Waals surface area contributed by atoms with Crippen molar-refractivity contribution in [3.05, 3.63) is 23.8 Å². The lowest BCUT2D eigenvalue weighted by atomic mass is 10.1. The average molecular weight is 318 g/mol. The molecular formula is C12H18N2O6S. The van der Waals surface area contributed by atoms with Crippen LogP contribution in [0.2, 0.25) is 0 Å². The summed E-state index contributed by atoms with van der Waals surface area (Å²) >= 11 is 0. The highest BCUT2D eigenvalue weighted by molar-refractivity contribution is 7.89. The molecule has 0 amide bonds. The first-order chi connectivity index (χ1) is 9.63. The van der Waals surface area contributed by atoms with Gasteiger partial charge in [-0.2, -0.15) is 0 Å². The first-order valence-electron chi connectivity index (χ1n) is 5.94. The summed E-state index contributed by atoms with van der Waals surface area (Å²) in [6.07, 6.45) is 0. The van der Waals surface area contributed by atoms with Crippen molar-refractivity contribution in [1.29, 1.82) is 0 Å². The predicted octanol–water partition coefficient (Wildman–Crippen LogP) is -0.923. The lowest BCUT2D eigenvalue weighted by Gasteiger charge is -2.21.